The van der Waals surface area contributed by atoms with Gasteiger partial charge in [-0.3, -0.25) is 14.3 Å². The quantitative estimate of drug-likeness (QED) is 0.640. The number of likely N-dealkylation sites (N-methyl/N-ethyl adjacent to an activating group) is 1. The number of nitrogens with zero attached hydrogens (tertiary/aromatic N) is 4. The second-order valence-electron chi connectivity index (χ2n) is 9.48. The molecule has 1 aliphatic carbocycles. The summed E-state index contributed by atoms with van der Waals surface area (Å²) in [5.74, 6) is -0.666. The van der Waals surface area contributed by atoms with E-state index in [0.29, 0.717) is 19.4 Å². The second-order valence-corrected chi connectivity index (χ2v) is 11.4. The van der Waals surface area contributed by atoms with Crippen molar-refractivity contribution in [2.24, 2.45) is 11.3 Å². The number of hydrogen-bond acceptors (Lipinski definition) is 5. The summed E-state index contributed by atoms with van der Waals surface area (Å²) in [6, 6.07) is 7.32. The van der Waals surface area contributed by atoms with Crippen molar-refractivity contribution in [1.82, 2.24) is 24.3 Å². The molecule has 0 unspecified atom stereocenters. The average Bonchev–Trinajstić information content (AvgIpc) is 3.27. The van der Waals surface area contributed by atoms with Crippen molar-refractivity contribution in [2.45, 2.75) is 57.6 Å². The standard InChI is InChI=1S/C24H33N5O4S/c1-6-28-17(3)19(16(2)26-28)14-27(5)23(31)20-12-24(20)13-21(22(30)25-4)29(15-24)34(32,33)18-10-8-7-9-11-18/h7-11,20-21H,6,12-15H2,1-5H3,(H,25,30)/t20-,21+,24+/m1/s1. The smallest absolute Gasteiger partial charge is 0.243 e. The summed E-state index contributed by atoms with van der Waals surface area (Å²) in [4.78, 5) is 27.9. The molecule has 184 valence electrons. The number of nitrogens with one attached hydrogen (secondary N) is 1. The van der Waals surface area contributed by atoms with Gasteiger partial charge in [0, 0.05) is 50.9 Å². The van der Waals surface area contributed by atoms with Crippen molar-refractivity contribution in [3.05, 3.63) is 47.3 Å². The van der Waals surface area contributed by atoms with Gasteiger partial charge in [-0.2, -0.15) is 9.40 Å². The highest BCUT2D eigenvalue weighted by Gasteiger charge is 2.66. The summed E-state index contributed by atoms with van der Waals surface area (Å²) in [6.07, 6.45) is 0.922. The Bertz CT molecular complexity index is 1210. The van der Waals surface area contributed by atoms with Gasteiger partial charge in [-0.1, -0.05) is 18.2 Å². The first kappa shape index (κ1) is 24.4. The van der Waals surface area contributed by atoms with Crippen LogP contribution in [0.5, 0.6) is 0 Å². The van der Waals surface area contributed by atoms with E-state index in [9.17, 15) is 18.0 Å². The van der Waals surface area contributed by atoms with Gasteiger partial charge in [0.15, 0.2) is 0 Å². The minimum Gasteiger partial charge on any atom is -0.358 e. The zero-order valence-electron chi connectivity index (χ0n) is 20.4. The number of amides is 2. The zero-order chi connectivity index (χ0) is 24.8. The number of aryl methyl sites for hydroxylation is 2. The lowest BCUT2D eigenvalue weighted by Crippen LogP contribution is -2.44. The van der Waals surface area contributed by atoms with Crippen molar-refractivity contribution in [3.8, 4) is 0 Å². The molecule has 34 heavy (non-hydrogen) atoms. The molecule has 4 rings (SSSR count). The van der Waals surface area contributed by atoms with Gasteiger partial charge in [0.05, 0.1) is 10.6 Å². The van der Waals surface area contributed by atoms with E-state index in [1.165, 1.54) is 23.5 Å². The van der Waals surface area contributed by atoms with Gasteiger partial charge in [-0.25, -0.2) is 8.42 Å². The van der Waals surface area contributed by atoms with E-state index in [4.69, 9.17) is 0 Å². The van der Waals surface area contributed by atoms with E-state index >= 15 is 0 Å². The molecule has 2 aliphatic rings. The van der Waals surface area contributed by atoms with Gasteiger partial charge < -0.3 is 10.2 Å². The van der Waals surface area contributed by atoms with Crippen molar-refractivity contribution < 1.29 is 18.0 Å². The highest BCUT2D eigenvalue weighted by Crippen LogP contribution is 2.61. The number of carbonyl (C=O) groups is 2. The molecule has 1 aromatic carbocycles. The molecule has 2 aromatic rings. The van der Waals surface area contributed by atoms with E-state index in [1.54, 1.807) is 30.1 Å². The van der Waals surface area contributed by atoms with E-state index in [2.05, 4.69) is 10.4 Å². The Morgan fingerprint density at radius 1 is 1.21 bits per heavy atom. The van der Waals surface area contributed by atoms with Crippen molar-refractivity contribution in [2.75, 3.05) is 20.6 Å². The van der Waals surface area contributed by atoms with E-state index in [0.717, 1.165) is 23.5 Å². The molecule has 3 atom stereocenters. The average molecular weight is 488 g/mol. The first-order chi connectivity index (χ1) is 16.1. The third-order valence-corrected chi connectivity index (χ3v) is 9.28. The molecule has 1 aliphatic heterocycles. The molecule has 10 heteroatoms. The topological polar surface area (TPSA) is 105 Å². The van der Waals surface area contributed by atoms with Crippen LogP contribution in [-0.4, -0.2) is 65.9 Å². The largest absolute Gasteiger partial charge is 0.358 e. The summed E-state index contributed by atoms with van der Waals surface area (Å²) in [7, 11) is -0.584. The number of benzene rings is 1. The molecule has 1 aromatic heterocycles. The maximum atomic E-state index is 13.4. The molecule has 1 N–H and O–H groups in total. The van der Waals surface area contributed by atoms with Gasteiger partial charge in [-0.15, -0.1) is 0 Å². The molecule has 2 amide bonds. The van der Waals surface area contributed by atoms with E-state index in [-0.39, 0.29) is 29.2 Å². The van der Waals surface area contributed by atoms with Gasteiger partial charge in [0.25, 0.3) is 0 Å². The fraction of sp³-hybridized carbons (Fsp3) is 0.542. The van der Waals surface area contributed by atoms with Gasteiger partial charge in [0.1, 0.15) is 6.04 Å². The van der Waals surface area contributed by atoms with Gasteiger partial charge in [-0.05, 0) is 51.2 Å². The van der Waals surface area contributed by atoms with Gasteiger partial charge in [0.2, 0.25) is 21.8 Å². The van der Waals surface area contributed by atoms with Crippen LogP contribution in [0.4, 0.5) is 0 Å². The number of hydrogen-bond donors (Lipinski definition) is 1. The maximum Gasteiger partial charge on any atom is 0.243 e. The lowest BCUT2D eigenvalue weighted by molar-refractivity contribution is -0.132. The Labute approximate surface area is 201 Å². The summed E-state index contributed by atoms with van der Waals surface area (Å²) in [5.41, 5.74) is 2.48. The molecule has 1 saturated carbocycles. The predicted molar refractivity (Wildman–Crippen MR) is 127 cm³/mol. The Morgan fingerprint density at radius 2 is 1.88 bits per heavy atom. The molecule has 0 radical (unpaired) electrons. The van der Waals surface area contributed by atoms with Crippen LogP contribution in [0.15, 0.2) is 35.2 Å². The lowest BCUT2D eigenvalue weighted by atomic mass is 9.98. The van der Waals surface area contributed by atoms with Crippen LogP contribution in [0.1, 0.15) is 36.7 Å². The van der Waals surface area contributed by atoms with Gasteiger partial charge >= 0.3 is 0 Å². The molecule has 1 spiro atoms. The fourth-order valence-electron chi connectivity index (χ4n) is 5.29. The number of sulfonamides is 1. The molecular weight excluding hydrogens is 454 g/mol. The SMILES string of the molecule is CCn1nc(C)c(CN(C)C(=O)[C@H]2C[C@@]23C[C@@H](C(=O)NC)N(S(=O)(=O)c2ccccc2)C3)c1C. The minimum absolute atomic E-state index is 0.0161. The Balaban J connectivity index is 1.54. The van der Waals surface area contributed by atoms with Crippen molar-refractivity contribution in [1.29, 1.82) is 0 Å². The highest BCUT2D eigenvalue weighted by molar-refractivity contribution is 7.89. The fourth-order valence-corrected chi connectivity index (χ4v) is 7.00. The zero-order valence-corrected chi connectivity index (χ0v) is 21.2. The Hall–Kier alpha value is -2.72. The van der Waals surface area contributed by atoms with Crippen LogP contribution in [0, 0.1) is 25.2 Å². The third kappa shape index (κ3) is 4.02. The molecular formula is C24H33N5O4S. The molecule has 0 bridgehead atoms. The monoisotopic (exact) mass is 487 g/mol. The molecule has 1 saturated heterocycles. The minimum atomic E-state index is -3.87. The molecule has 2 heterocycles. The summed E-state index contributed by atoms with van der Waals surface area (Å²) >= 11 is 0. The first-order valence-corrected chi connectivity index (χ1v) is 13.1. The highest BCUT2D eigenvalue weighted by atomic mass is 32.2. The van der Waals surface area contributed by atoms with E-state index < -0.39 is 21.5 Å². The maximum absolute atomic E-state index is 13.4. The first-order valence-electron chi connectivity index (χ1n) is 11.6. The van der Waals surface area contributed by atoms with Crippen LogP contribution in [0.25, 0.3) is 0 Å². The summed E-state index contributed by atoms with van der Waals surface area (Å²) in [5, 5.41) is 7.13. The molecule has 2 fully saturated rings. The van der Waals surface area contributed by atoms with Crippen LogP contribution < -0.4 is 5.32 Å². The number of aromatic nitrogens is 2. The van der Waals surface area contributed by atoms with Crippen LogP contribution in [0.2, 0.25) is 0 Å². The number of rotatable bonds is 7. The summed E-state index contributed by atoms with van der Waals surface area (Å²) in [6.45, 7) is 7.37. The predicted octanol–water partition coefficient (Wildman–Crippen LogP) is 1.69. The van der Waals surface area contributed by atoms with Crippen LogP contribution >= 0.6 is 0 Å². The summed E-state index contributed by atoms with van der Waals surface area (Å²) < 4.78 is 30.0. The third-order valence-electron chi connectivity index (χ3n) is 7.41. The second kappa shape index (κ2) is 8.81. The Kier molecular flexibility index (Phi) is 6.32. The lowest BCUT2D eigenvalue weighted by Gasteiger charge is -2.22. The van der Waals surface area contributed by atoms with Crippen molar-refractivity contribution >= 4 is 21.8 Å². The molecule has 9 nitrogen and oxygen atoms in total. The van der Waals surface area contributed by atoms with E-state index in [1.807, 2.05) is 25.5 Å². The van der Waals surface area contributed by atoms with Crippen LogP contribution in [0.3, 0.4) is 0 Å². The Morgan fingerprint density at radius 3 is 2.47 bits per heavy atom. The number of carbonyl (C=O) groups excluding carboxylic acids is 2. The normalized spacial score (nSPS) is 24.4. The van der Waals surface area contributed by atoms with Crippen molar-refractivity contribution in [3.63, 3.8) is 0 Å². The van der Waals surface area contributed by atoms with Crippen LogP contribution in [-0.2, 0) is 32.7 Å².